The molecule has 0 bridgehead atoms. The molecule has 8 heteroatoms. The number of rotatable bonds is 6. The average Bonchev–Trinajstić information content (AvgIpc) is 3.25. The Hall–Kier alpha value is -3.00. The van der Waals surface area contributed by atoms with Gasteiger partial charge in [-0.2, -0.15) is 5.10 Å². The number of anilines is 1. The summed E-state index contributed by atoms with van der Waals surface area (Å²) >= 11 is 1.35. The van der Waals surface area contributed by atoms with E-state index in [9.17, 15) is 9.59 Å². The summed E-state index contributed by atoms with van der Waals surface area (Å²) in [6, 6.07) is 7.23. The average molecular weight is 356 g/mol. The lowest BCUT2D eigenvalue weighted by Gasteiger charge is -2.04. The molecule has 0 radical (unpaired) electrons. The molecule has 0 fully saturated rings. The van der Waals surface area contributed by atoms with Gasteiger partial charge in [0.05, 0.1) is 25.6 Å². The zero-order valence-electron chi connectivity index (χ0n) is 13.5. The molecule has 0 aliphatic rings. The molecule has 0 spiro atoms. The van der Waals surface area contributed by atoms with Gasteiger partial charge in [0.15, 0.2) is 5.82 Å². The third-order valence-electron chi connectivity index (χ3n) is 3.50. The van der Waals surface area contributed by atoms with E-state index in [4.69, 9.17) is 0 Å². The van der Waals surface area contributed by atoms with Crippen molar-refractivity contribution in [2.75, 3.05) is 12.4 Å². The number of pyridine rings is 1. The molecular formula is C17H16N4O3S. The first-order chi connectivity index (χ1) is 12.2. The summed E-state index contributed by atoms with van der Waals surface area (Å²) in [6.45, 7) is 0.588. The van der Waals surface area contributed by atoms with Crippen molar-refractivity contribution in [2.24, 2.45) is 0 Å². The fourth-order valence-corrected chi connectivity index (χ4v) is 3.12. The molecule has 25 heavy (non-hydrogen) atoms. The van der Waals surface area contributed by atoms with Gasteiger partial charge in [0.25, 0.3) is 5.91 Å². The van der Waals surface area contributed by atoms with Crippen LogP contribution in [0.1, 0.15) is 20.8 Å². The fraction of sp³-hybridized carbons (Fsp3) is 0.176. The summed E-state index contributed by atoms with van der Waals surface area (Å²) in [4.78, 5) is 28.5. The van der Waals surface area contributed by atoms with E-state index in [1.54, 1.807) is 40.8 Å². The Labute approximate surface area is 148 Å². The lowest BCUT2D eigenvalue weighted by atomic mass is 10.2. The summed E-state index contributed by atoms with van der Waals surface area (Å²) in [5.74, 6) is -0.221. The number of amides is 1. The van der Waals surface area contributed by atoms with Crippen molar-refractivity contribution in [2.45, 2.75) is 13.0 Å². The van der Waals surface area contributed by atoms with E-state index in [-0.39, 0.29) is 18.3 Å². The van der Waals surface area contributed by atoms with Crippen molar-refractivity contribution in [1.29, 1.82) is 0 Å². The molecule has 3 aromatic heterocycles. The molecule has 0 aliphatic heterocycles. The number of nitrogens with zero attached hydrogens (tertiary/aromatic N) is 3. The van der Waals surface area contributed by atoms with Crippen molar-refractivity contribution >= 4 is 29.0 Å². The normalized spacial score (nSPS) is 10.4. The minimum absolute atomic E-state index is 0.0768. The standard InChI is InChI=1S/C17H16N4O3S/c1-24-16(22)10-14-13(5-9-25-14)17(23)19-15-4-8-21(20-15)11-12-2-6-18-7-3-12/h2-9H,10-11H2,1H3,(H,19,20,23). The SMILES string of the molecule is COC(=O)Cc1sccc1C(=O)Nc1ccn(Cc2ccncc2)n1. The molecule has 3 heterocycles. The van der Waals surface area contributed by atoms with E-state index in [1.165, 1.54) is 18.4 Å². The van der Waals surface area contributed by atoms with E-state index in [1.807, 2.05) is 12.1 Å². The summed E-state index contributed by atoms with van der Waals surface area (Å²) in [5, 5.41) is 8.86. The topological polar surface area (TPSA) is 86.1 Å². The molecular weight excluding hydrogens is 340 g/mol. The van der Waals surface area contributed by atoms with Crippen LogP contribution >= 0.6 is 11.3 Å². The maximum Gasteiger partial charge on any atom is 0.310 e. The highest BCUT2D eigenvalue weighted by Crippen LogP contribution is 2.19. The molecule has 0 aromatic carbocycles. The lowest BCUT2D eigenvalue weighted by Crippen LogP contribution is -2.15. The summed E-state index contributed by atoms with van der Waals surface area (Å²) in [7, 11) is 1.32. The number of hydrogen-bond donors (Lipinski definition) is 1. The molecule has 7 nitrogen and oxygen atoms in total. The van der Waals surface area contributed by atoms with Crippen LogP contribution in [0.2, 0.25) is 0 Å². The Morgan fingerprint density at radius 3 is 2.80 bits per heavy atom. The number of carbonyl (C=O) groups is 2. The number of methoxy groups -OCH3 is 1. The predicted molar refractivity (Wildman–Crippen MR) is 93.6 cm³/mol. The minimum atomic E-state index is -0.377. The van der Waals surface area contributed by atoms with E-state index in [0.29, 0.717) is 22.8 Å². The fourth-order valence-electron chi connectivity index (χ4n) is 2.26. The van der Waals surface area contributed by atoms with Crippen LogP contribution in [0.5, 0.6) is 0 Å². The zero-order valence-corrected chi connectivity index (χ0v) is 14.3. The van der Waals surface area contributed by atoms with Crippen LogP contribution in [-0.2, 0) is 22.5 Å². The van der Waals surface area contributed by atoms with E-state index < -0.39 is 0 Å². The minimum Gasteiger partial charge on any atom is -0.469 e. The molecule has 128 valence electrons. The molecule has 3 aromatic rings. The highest BCUT2D eigenvalue weighted by Gasteiger charge is 2.16. The first kappa shape index (κ1) is 16.8. The van der Waals surface area contributed by atoms with Crippen molar-refractivity contribution in [3.63, 3.8) is 0 Å². The predicted octanol–water partition coefficient (Wildman–Crippen LogP) is 2.36. The summed E-state index contributed by atoms with van der Waals surface area (Å²) in [5.41, 5.74) is 1.52. The molecule has 0 atom stereocenters. The maximum absolute atomic E-state index is 12.4. The van der Waals surface area contributed by atoms with Crippen molar-refractivity contribution < 1.29 is 14.3 Å². The number of esters is 1. The Morgan fingerprint density at radius 2 is 2.04 bits per heavy atom. The van der Waals surface area contributed by atoms with Crippen LogP contribution in [0.3, 0.4) is 0 Å². The van der Waals surface area contributed by atoms with Gasteiger partial charge in [-0.05, 0) is 29.1 Å². The summed E-state index contributed by atoms with van der Waals surface area (Å²) < 4.78 is 6.38. The number of aromatic nitrogens is 3. The maximum atomic E-state index is 12.4. The number of hydrogen-bond acceptors (Lipinski definition) is 6. The van der Waals surface area contributed by atoms with Gasteiger partial charge in [0.1, 0.15) is 0 Å². The van der Waals surface area contributed by atoms with Crippen molar-refractivity contribution in [3.8, 4) is 0 Å². The van der Waals surface area contributed by atoms with Gasteiger partial charge in [-0.25, -0.2) is 0 Å². The highest BCUT2D eigenvalue weighted by atomic mass is 32.1. The zero-order chi connectivity index (χ0) is 17.6. The Morgan fingerprint density at radius 1 is 1.24 bits per heavy atom. The second-order valence-corrected chi connectivity index (χ2v) is 6.22. The molecule has 3 rings (SSSR count). The van der Waals surface area contributed by atoms with Crippen LogP contribution in [0.25, 0.3) is 0 Å². The Bertz CT molecular complexity index is 873. The van der Waals surface area contributed by atoms with Gasteiger partial charge in [0, 0.05) is 29.5 Å². The quantitative estimate of drug-likeness (QED) is 0.685. The van der Waals surface area contributed by atoms with Crippen LogP contribution in [-0.4, -0.2) is 33.8 Å². The van der Waals surface area contributed by atoms with E-state index in [2.05, 4.69) is 20.1 Å². The molecule has 0 unspecified atom stereocenters. The van der Waals surface area contributed by atoms with Crippen LogP contribution in [0, 0.1) is 0 Å². The van der Waals surface area contributed by atoms with Crippen LogP contribution in [0.4, 0.5) is 5.82 Å². The molecule has 0 saturated carbocycles. The third-order valence-corrected chi connectivity index (χ3v) is 4.42. The van der Waals surface area contributed by atoms with Crippen molar-refractivity contribution in [1.82, 2.24) is 14.8 Å². The second kappa shape index (κ2) is 7.71. The Kier molecular flexibility index (Phi) is 5.20. The number of carbonyl (C=O) groups excluding carboxylic acids is 2. The van der Waals surface area contributed by atoms with Crippen LogP contribution in [0.15, 0.2) is 48.2 Å². The van der Waals surface area contributed by atoms with Gasteiger partial charge < -0.3 is 10.1 Å². The Balaban J connectivity index is 1.66. The first-order valence-corrected chi connectivity index (χ1v) is 8.40. The van der Waals surface area contributed by atoms with Crippen molar-refractivity contribution in [3.05, 3.63) is 64.2 Å². The van der Waals surface area contributed by atoms with Gasteiger partial charge in [-0.1, -0.05) is 0 Å². The van der Waals surface area contributed by atoms with Gasteiger partial charge in [-0.15, -0.1) is 11.3 Å². The second-order valence-electron chi connectivity index (χ2n) is 5.22. The van der Waals surface area contributed by atoms with Crippen LogP contribution < -0.4 is 5.32 Å². The third kappa shape index (κ3) is 4.30. The summed E-state index contributed by atoms with van der Waals surface area (Å²) in [6.07, 6.45) is 5.31. The smallest absolute Gasteiger partial charge is 0.310 e. The molecule has 1 amide bonds. The van der Waals surface area contributed by atoms with Gasteiger partial charge in [0.2, 0.25) is 0 Å². The molecule has 0 saturated heterocycles. The van der Waals surface area contributed by atoms with Gasteiger partial charge >= 0.3 is 5.97 Å². The number of nitrogens with one attached hydrogen (secondary N) is 1. The van der Waals surface area contributed by atoms with E-state index >= 15 is 0 Å². The highest BCUT2D eigenvalue weighted by molar-refractivity contribution is 7.10. The monoisotopic (exact) mass is 356 g/mol. The first-order valence-electron chi connectivity index (χ1n) is 7.52. The molecule has 0 aliphatic carbocycles. The van der Waals surface area contributed by atoms with E-state index in [0.717, 1.165) is 5.56 Å². The number of thiophene rings is 1. The largest absolute Gasteiger partial charge is 0.469 e. The van der Waals surface area contributed by atoms with Gasteiger partial charge in [-0.3, -0.25) is 19.3 Å². The number of ether oxygens (including phenoxy) is 1. The lowest BCUT2D eigenvalue weighted by molar-refractivity contribution is -0.139. The molecule has 1 N–H and O–H groups in total.